The number of carbonyl (C=O) groups is 1. The van der Waals surface area contributed by atoms with Crippen molar-refractivity contribution in [3.8, 4) is 0 Å². The van der Waals surface area contributed by atoms with Crippen molar-refractivity contribution in [2.45, 2.75) is 30.9 Å². The number of hydrogen-bond acceptors (Lipinski definition) is 5. The fraction of sp³-hybridized carbons (Fsp3) is 0.615. The van der Waals surface area contributed by atoms with Crippen LogP contribution in [0.4, 0.5) is 0 Å². The van der Waals surface area contributed by atoms with Crippen LogP contribution in [0.2, 0.25) is 0 Å². The van der Waals surface area contributed by atoms with E-state index in [4.69, 9.17) is 10.2 Å². The SMILES string of the molecule is CC1CCN(C(=O)c2ccc(S(C)(=O)=O)o2)C(CN)C1.Cl. The lowest BCUT2D eigenvalue weighted by Crippen LogP contribution is -2.49. The van der Waals surface area contributed by atoms with E-state index in [2.05, 4.69) is 6.92 Å². The van der Waals surface area contributed by atoms with Gasteiger partial charge >= 0.3 is 0 Å². The van der Waals surface area contributed by atoms with Gasteiger partial charge in [-0.3, -0.25) is 4.79 Å². The van der Waals surface area contributed by atoms with E-state index < -0.39 is 9.84 Å². The van der Waals surface area contributed by atoms with Crippen LogP contribution in [0.1, 0.15) is 30.3 Å². The number of likely N-dealkylation sites (tertiary alicyclic amines) is 1. The van der Waals surface area contributed by atoms with Crippen LogP contribution in [0.15, 0.2) is 21.6 Å². The molecule has 0 spiro atoms. The first kappa shape index (κ1) is 18.0. The van der Waals surface area contributed by atoms with Crippen molar-refractivity contribution in [2.75, 3.05) is 19.3 Å². The van der Waals surface area contributed by atoms with Crippen LogP contribution in [0.25, 0.3) is 0 Å². The van der Waals surface area contributed by atoms with Crippen molar-refractivity contribution in [3.05, 3.63) is 17.9 Å². The van der Waals surface area contributed by atoms with Gasteiger partial charge in [0, 0.05) is 25.4 Å². The van der Waals surface area contributed by atoms with Crippen LogP contribution >= 0.6 is 12.4 Å². The fourth-order valence-electron chi connectivity index (χ4n) is 2.52. The Morgan fingerprint density at radius 3 is 2.67 bits per heavy atom. The molecule has 8 heteroatoms. The van der Waals surface area contributed by atoms with Gasteiger partial charge in [-0.25, -0.2) is 8.42 Å². The number of nitrogens with zero attached hydrogens (tertiary/aromatic N) is 1. The summed E-state index contributed by atoms with van der Waals surface area (Å²) in [4.78, 5) is 14.1. The van der Waals surface area contributed by atoms with Gasteiger partial charge in [0.2, 0.25) is 14.9 Å². The smallest absolute Gasteiger partial charge is 0.289 e. The van der Waals surface area contributed by atoms with Crippen molar-refractivity contribution in [1.82, 2.24) is 4.90 Å². The van der Waals surface area contributed by atoms with Crippen LogP contribution in [0.5, 0.6) is 0 Å². The molecule has 0 aliphatic carbocycles. The first-order valence-electron chi connectivity index (χ1n) is 6.64. The lowest BCUT2D eigenvalue weighted by Gasteiger charge is -2.37. The van der Waals surface area contributed by atoms with E-state index in [-0.39, 0.29) is 35.2 Å². The highest BCUT2D eigenvalue weighted by Gasteiger charge is 2.31. The molecule has 0 radical (unpaired) electrons. The molecule has 2 unspecified atom stereocenters. The number of piperidine rings is 1. The zero-order valence-corrected chi connectivity index (χ0v) is 13.7. The Hall–Kier alpha value is -1.05. The Bertz CT molecular complexity index is 599. The quantitative estimate of drug-likeness (QED) is 0.898. The van der Waals surface area contributed by atoms with Crippen LogP contribution in [0, 0.1) is 5.92 Å². The third-order valence-corrected chi connectivity index (χ3v) is 4.62. The predicted octanol–water partition coefficient (Wildman–Crippen LogP) is 1.30. The highest BCUT2D eigenvalue weighted by Crippen LogP contribution is 2.24. The molecular weight excluding hydrogens is 316 g/mol. The molecule has 2 atom stereocenters. The van der Waals surface area contributed by atoms with Gasteiger partial charge in [0.25, 0.3) is 5.91 Å². The average Bonchev–Trinajstić information content (AvgIpc) is 2.87. The molecule has 0 bridgehead atoms. The molecule has 0 aromatic carbocycles. The van der Waals surface area contributed by atoms with Crippen LogP contribution < -0.4 is 5.73 Å². The minimum Gasteiger partial charge on any atom is -0.440 e. The lowest BCUT2D eigenvalue weighted by molar-refractivity contribution is 0.0536. The zero-order valence-electron chi connectivity index (χ0n) is 12.1. The predicted molar refractivity (Wildman–Crippen MR) is 81.3 cm³/mol. The maximum atomic E-state index is 12.4. The second-order valence-corrected chi connectivity index (χ2v) is 7.36. The largest absolute Gasteiger partial charge is 0.440 e. The molecule has 1 saturated heterocycles. The maximum absolute atomic E-state index is 12.4. The molecule has 1 aliphatic heterocycles. The average molecular weight is 337 g/mol. The van der Waals surface area contributed by atoms with E-state index in [0.29, 0.717) is 19.0 Å². The van der Waals surface area contributed by atoms with Crippen LogP contribution in [-0.4, -0.2) is 44.6 Å². The van der Waals surface area contributed by atoms with Gasteiger partial charge in [-0.2, -0.15) is 0 Å². The van der Waals surface area contributed by atoms with Crippen LogP contribution in [-0.2, 0) is 9.84 Å². The van der Waals surface area contributed by atoms with Crippen molar-refractivity contribution in [3.63, 3.8) is 0 Å². The topological polar surface area (TPSA) is 93.6 Å². The van der Waals surface area contributed by atoms with Crippen molar-refractivity contribution in [1.29, 1.82) is 0 Å². The first-order chi connectivity index (χ1) is 9.32. The minimum absolute atomic E-state index is 0. The third-order valence-electron chi connectivity index (χ3n) is 3.67. The molecule has 2 rings (SSSR count). The van der Waals surface area contributed by atoms with Gasteiger partial charge in [-0.1, -0.05) is 6.92 Å². The molecule has 1 aliphatic rings. The molecule has 2 N–H and O–H groups in total. The molecule has 1 aromatic rings. The summed E-state index contributed by atoms with van der Waals surface area (Å²) in [5.41, 5.74) is 5.73. The number of nitrogens with two attached hydrogens (primary N) is 1. The van der Waals surface area contributed by atoms with Crippen LogP contribution in [0.3, 0.4) is 0 Å². The van der Waals surface area contributed by atoms with Gasteiger partial charge in [0.15, 0.2) is 5.76 Å². The summed E-state index contributed by atoms with van der Waals surface area (Å²) < 4.78 is 27.9. The van der Waals surface area contributed by atoms with Gasteiger partial charge in [-0.15, -0.1) is 12.4 Å². The second kappa shape index (κ2) is 6.81. The number of halogens is 1. The summed E-state index contributed by atoms with van der Waals surface area (Å²) in [7, 11) is -3.44. The van der Waals surface area contributed by atoms with Crippen molar-refractivity contribution < 1.29 is 17.6 Å². The highest BCUT2D eigenvalue weighted by atomic mass is 35.5. The highest BCUT2D eigenvalue weighted by molar-refractivity contribution is 7.90. The summed E-state index contributed by atoms with van der Waals surface area (Å²) in [6.07, 6.45) is 2.83. The first-order valence-corrected chi connectivity index (χ1v) is 8.53. The Kier molecular flexibility index (Phi) is 5.83. The van der Waals surface area contributed by atoms with Gasteiger partial charge < -0.3 is 15.1 Å². The Morgan fingerprint density at radius 1 is 1.48 bits per heavy atom. The van der Waals surface area contributed by atoms with E-state index >= 15 is 0 Å². The van der Waals surface area contributed by atoms with E-state index in [1.807, 2.05) is 0 Å². The Balaban J connectivity index is 0.00000220. The van der Waals surface area contributed by atoms with Gasteiger partial charge in [-0.05, 0) is 30.9 Å². The molecule has 2 heterocycles. The summed E-state index contributed by atoms with van der Waals surface area (Å²) in [5, 5.41) is -0.185. The number of amides is 1. The van der Waals surface area contributed by atoms with E-state index in [1.54, 1.807) is 4.90 Å². The number of sulfone groups is 1. The van der Waals surface area contributed by atoms with E-state index in [1.165, 1.54) is 12.1 Å². The van der Waals surface area contributed by atoms with Crippen molar-refractivity contribution in [2.24, 2.45) is 11.7 Å². The normalized spacial score (nSPS) is 22.7. The fourth-order valence-corrected chi connectivity index (χ4v) is 3.07. The molecule has 120 valence electrons. The zero-order chi connectivity index (χ0) is 14.9. The summed E-state index contributed by atoms with van der Waals surface area (Å²) in [6, 6.07) is 2.70. The van der Waals surface area contributed by atoms with E-state index in [0.717, 1.165) is 19.1 Å². The molecule has 1 aromatic heterocycles. The number of furan rings is 1. The van der Waals surface area contributed by atoms with Gasteiger partial charge in [0.1, 0.15) is 0 Å². The van der Waals surface area contributed by atoms with Gasteiger partial charge in [0.05, 0.1) is 0 Å². The minimum atomic E-state index is -3.44. The molecule has 6 nitrogen and oxygen atoms in total. The number of rotatable bonds is 3. The monoisotopic (exact) mass is 336 g/mol. The maximum Gasteiger partial charge on any atom is 0.289 e. The molecule has 1 amide bonds. The molecule has 1 fully saturated rings. The van der Waals surface area contributed by atoms with E-state index in [9.17, 15) is 13.2 Å². The summed E-state index contributed by atoms with van der Waals surface area (Å²) >= 11 is 0. The molecule has 21 heavy (non-hydrogen) atoms. The number of hydrogen-bond donors (Lipinski definition) is 1. The summed E-state index contributed by atoms with van der Waals surface area (Å²) in [6.45, 7) is 3.16. The van der Waals surface area contributed by atoms with Crippen molar-refractivity contribution >= 4 is 28.2 Å². The standard InChI is InChI=1S/C13H20N2O4S.ClH/c1-9-5-6-15(10(7-9)8-14)13(16)11-3-4-12(19-11)20(2,17)18;/h3-4,9-10H,5-8,14H2,1-2H3;1H. The Labute approximate surface area is 131 Å². The lowest BCUT2D eigenvalue weighted by atomic mass is 9.92. The Morgan fingerprint density at radius 2 is 2.14 bits per heavy atom. The summed E-state index contributed by atoms with van der Waals surface area (Å²) in [5.74, 6) is 0.302. The molecular formula is C13H21ClN2O4S. The molecule has 0 saturated carbocycles. The third kappa shape index (κ3) is 3.99. The second-order valence-electron chi connectivity index (χ2n) is 5.41. The number of carbonyl (C=O) groups excluding carboxylic acids is 1.